The van der Waals surface area contributed by atoms with Gasteiger partial charge >= 0.3 is 6.09 Å². The average molecular weight is 569 g/mol. The summed E-state index contributed by atoms with van der Waals surface area (Å²) in [6, 6.07) is 5.19. The van der Waals surface area contributed by atoms with E-state index in [1.165, 1.54) is 19.2 Å². The Morgan fingerprint density at radius 3 is 2.40 bits per heavy atom. The zero-order valence-corrected chi connectivity index (χ0v) is 22.9. The van der Waals surface area contributed by atoms with Crippen molar-refractivity contribution in [3.63, 3.8) is 0 Å². The van der Waals surface area contributed by atoms with Gasteiger partial charge in [-0.25, -0.2) is 9.78 Å². The quantitative estimate of drug-likeness (QED) is 0.230. The number of nitriles is 1. The first-order chi connectivity index (χ1) is 18.7. The lowest BCUT2D eigenvalue weighted by Gasteiger charge is -2.23. The van der Waals surface area contributed by atoms with Gasteiger partial charge in [-0.05, 0) is 38.5 Å². The summed E-state index contributed by atoms with van der Waals surface area (Å²) in [6.07, 6.45) is -1.45. The molecule has 0 aliphatic carbocycles. The van der Waals surface area contributed by atoms with Gasteiger partial charge in [0.1, 0.15) is 44.6 Å². The van der Waals surface area contributed by atoms with Crippen LogP contribution in [0.1, 0.15) is 42.4 Å². The highest BCUT2D eigenvalue weighted by Crippen LogP contribution is 2.43. The molecule has 2 heterocycles. The topological polar surface area (TPSA) is 252 Å². The van der Waals surface area contributed by atoms with E-state index in [0.717, 1.165) is 11.3 Å². The lowest BCUT2D eigenvalue weighted by Crippen LogP contribution is -2.47. The largest absolute Gasteiger partial charge is 0.495 e. The van der Waals surface area contributed by atoms with E-state index in [4.69, 9.17) is 32.4 Å². The summed E-state index contributed by atoms with van der Waals surface area (Å²) < 4.78 is 10.5. The number of fused-ring (bicyclic) bond motifs is 1. The van der Waals surface area contributed by atoms with Crippen LogP contribution >= 0.6 is 11.3 Å². The molecule has 0 saturated heterocycles. The van der Waals surface area contributed by atoms with E-state index < -0.39 is 41.9 Å². The number of hydrogen-bond acceptors (Lipinski definition) is 11. The van der Waals surface area contributed by atoms with Crippen LogP contribution in [0.3, 0.4) is 0 Å². The Bertz CT molecular complexity index is 1570. The van der Waals surface area contributed by atoms with E-state index in [0.29, 0.717) is 5.56 Å². The van der Waals surface area contributed by atoms with Gasteiger partial charge in [0.2, 0.25) is 11.8 Å². The van der Waals surface area contributed by atoms with Gasteiger partial charge < -0.3 is 43.0 Å². The van der Waals surface area contributed by atoms with Crippen molar-refractivity contribution >= 4 is 62.6 Å². The Kier molecular flexibility index (Phi) is 8.35. The number of anilines is 3. The van der Waals surface area contributed by atoms with E-state index in [1.54, 1.807) is 26.8 Å². The zero-order chi connectivity index (χ0) is 29.9. The van der Waals surface area contributed by atoms with E-state index >= 15 is 0 Å². The standard InChI is InChI=1S/C25H28N8O6S/c1-25(2,3)39-24(37)32-13(8-15(27)34)22(36)31-12-7-10(5-6-14(12)38-4)16-11(9-26)20(29)33-23-17(16)18(28)19(40-23)21(30)35/h5-7,13H,8,28H2,1-4H3,(H2,27,34)(H2,29,33)(H2,30,35)(H,31,36)(H,32,37). The summed E-state index contributed by atoms with van der Waals surface area (Å²) >= 11 is 0.925. The molecule has 0 saturated carbocycles. The number of thiophene rings is 1. The molecular formula is C25H28N8O6S. The van der Waals surface area contributed by atoms with Crippen LogP contribution in [0.2, 0.25) is 0 Å². The molecule has 3 rings (SSSR count). The summed E-state index contributed by atoms with van der Waals surface area (Å²) in [5, 5.41) is 15.1. The molecule has 1 aromatic carbocycles. The fourth-order valence-corrected chi connectivity index (χ4v) is 4.76. The highest BCUT2D eigenvalue weighted by atomic mass is 32.1. The maximum Gasteiger partial charge on any atom is 0.408 e. The van der Waals surface area contributed by atoms with Crippen molar-refractivity contribution in [1.29, 1.82) is 5.26 Å². The summed E-state index contributed by atoms with van der Waals surface area (Å²) in [4.78, 5) is 53.6. The zero-order valence-electron chi connectivity index (χ0n) is 22.1. The number of pyridine rings is 1. The van der Waals surface area contributed by atoms with Crippen molar-refractivity contribution in [3.8, 4) is 22.9 Å². The summed E-state index contributed by atoms with van der Waals surface area (Å²) in [5.74, 6) is -2.31. The van der Waals surface area contributed by atoms with Crippen LogP contribution in [0.15, 0.2) is 18.2 Å². The van der Waals surface area contributed by atoms with Gasteiger partial charge in [-0.1, -0.05) is 6.07 Å². The highest BCUT2D eigenvalue weighted by Gasteiger charge is 2.28. The molecule has 4 amide bonds. The number of carbonyl (C=O) groups excluding carboxylic acids is 4. The molecule has 15 heteroatoms. The van der Waals surface area contributed by atoms with Gasteiger partial charge in [0, 0.05) is 10.9 Å². The van der Waals surface area contributed by atoms with Crippen molar-refractivity contribution in [3.05, 3.63) is 28.6 Å². The average Bonchev–Trinajstić information content (AvgIpc) is 3.17. The first-order valence-corrected chi connectivity index (χ1v) is 12.5. The normalized spacial score (nSPS) is 11.8. The Hall–Kier alpha value is -5.10. The number of nitrogen functional groups attached to an aromatic ring is 2. The van der Waals surface area contributed by atoms with Crippen LogP contribution in [0, 0.1) is 11.3 Å². The Balaban J connectivity index is 2.11. The van der Waals surface area contributed by atoms with Gasteiger partial charge in [-0.2, -0.15) is 5.26 Å². The third kappa shape index (κ3) is 6.30. The van der Waals surface area contributed by atoms with Gasteiger partial charge in [0.15, 0.2) is 0 Å². The molecule has 0 aliphatic rings. The summed E-state index contributed by atoms with van der Waals surface area (Å²) in [7, 11) is 1.36. The molecule has 1 unspecified atom stereocenters. The number of hydrogen-bond donors (Lipinski definition) is 6. The van der Waals surface area contributed by atoms with E-state index in [9.17, 15) is 24.4 Å². The number of primary amides is 2. The smallest absolute Gasteiger partial charge is 0.408 e. The van der Waals surface area contributed by atoms with Gasteiger partial charge in [-0.15, -0.1) is 11.3 Å². The minimum atomic E-state index is -1.38. The van der Waals surface area contributed by atoms with Crippen LogP contribution < -0.4 is 38.3 Å². The molecule has 0 radical (unpaired) electrons. The number of alkyl carbamates (subject to hydrolysis) is 1. The second-order valence-electron chi connectivity index (χ2n) is 9.52. The molecule has 40 heavy (non-hydrogen) atoms. The first-order valence-electron chi connectivity index (χ1n) is 11.6. The predicted octanol–water partition coefficient (Wildman–Crippen LogP) is 1.81. The molecule has 0 fully saturated rings. The van der Waals surface area contributed by atoms with Crippen LogP contribution in [0.5, 0.6) is 5.75 Å². The van der Waals surface area contributed by atoms with Crippen molar-refractivity contribution in [2.45, 2.75) is 38.8 Å². The molecule has 1 atom stereocenters. The van der Waals surface area contributed by atoms with Gasteiger partial charge in [0.25, 0.3) is 5.91 Å². The minimum Gasteiger partial charge on any atom is -0.495 e. The van der Waals surface area contributed by atoms with Gasteiger partial charge in [0.05, 0.1) is 24.9 Å². The van der Waals surface area contributed by atoms with Crippen LogP contribution in [0.25, 0.3) is 21.3 Å². The molecule has 10 N–H and O–H groups in total. The molecule has 0 bridgehead atoms. The monoisotopic (exact) mass is 568 g/mol. The van der Waals surface area contributed by atoms with Crippen molar-refractivity contribution in [2.75, 3.05) is 23.9 Å². The first kappa shape index (κ1) is 29.5. The molecule has 2 aromatic heterocycles. The SMILES string of the molecule is COc1ccc(-c2c(C#N)c(N)nc3sc(C(N)=O)c(N)c23)cc1NC(=O)C(CC(N)=O)NC(=O)OC(C)(C)C. The third-order valence-corrected chi connectivity index (χ3v) is 6.51. The Morgan fingerprint density at radius 1 is 1.18 bits per heavy atom. The maximum atomic E-state index is 13.2. The number of benzene rings is 1. The Morgan fingerprint density at radius 2 is 1.85 bits per heavy atom. The molecule has 3 aromatic rings. The van der Waals surface area contributed by atoms with Crippen LogP contribution in [-0.4, -0.2) is 47.6 Å². The minimum absolute atomic E-state index is 0.0198. The third-order valence-electron chi connectivity index (χ3n) is 5.40. The van der Waals surface area contributed by atoms with Crippen LogP contribution in [0.4, 0.5) is 22.0 Å². The summed E-state index contributed by atoms with van der Waals surface area (Å²) in [5.41, 5.74) is 22.9. The number of carbonyl (C=O) groups is 4. The molecule has 210 valence electrons. The lowest BCUT2D eigenvalue weighted by atomic mass is 9.96. The number of nitrogens with two attached hydrogens (primary N) is 4. The number of rotatable bonds is 8. The highest BCUT2D eigenvalue weighted by molar-refractivity contribution is 7.21. The fraction of sp³-hybridized carbons (Fsp3) is 0.280. The van der Waals surface area contributed by atoms with Crippen molar-refractivity contribution < 1.29 is 28.7 Å². The van der Waals surface area contributed by atoms with E-state index in [-0.39, 0.29) is 49.2 Å². The molecular weight excluding hydrogens is 540 g/mol. The number of ether oxygens (including phenoxy) is 2. The maximum absolute atomic E-state index is 13.2. The van der Waals surface area contributed by atoms with E-state index in [1.807, 2.05) is 6.07 Å². The van der Waals surface area contributed by atoms with Crippen molar-refractivity contribution in [2.24, 2.45) is 11.5 Å². The number of amides is 4. The number of methoxy groups -OCH3 is 1. The number of nitrogens with zero attached hydrogens (tertiary/aromatic N) is 2. The second-order valence-corrected chi connectivity index (χ2v) is 10.5. The van der Waals surface area contributed by atoms with Gasteiger partial charge in [-0.3, -0.25) is 14.4 Å². The van der Waals surface area contributed by atoms with E-state index in [2.05, 4.69) is 15.6 Å². The summed E-state index contributed by atoms with van der Waals surface area (Å²) in [6.45, 7) is 4.91. The number of aromatic nitrogens is 1. The Labute approximate surface area is 232 Å². The number of nitrogens with one attached hydrogen (secondary N) is 2. The predicted molar refractivity (Wildman–Crippen MR) is 149 cm³/mol. The lowest BCUT2D eigenvalue weighted by molar-refractivity contribution is -0.124. The molecule has 0 aliphatic heterocycles. The fourth-order valence-electron chi connectivity index (χ4n) is 3.80. The van der Waals surface area contributed by atoms with Crippen LogP contribution in [-0.2, 0) is 14.3 Å². The van der Waals surface area contributed by atoms with Crippen molar-refractivity contribution in [1.82, 2.24) is 10.3 Å². The molecule has 0 spiro atoms. The molecule has 14 nitrogen and oxygen atoms in total. The second kappa shape index (κ2) is 11.3.